The van der Waals surface area contributed by atoms with Crippen molar-refractivity contribution in [2.24, 2.45) is 5.92 Å². The average molecular weight is 353 g/mol. The molecule has 1 N–H and O–H groups in total. The highest BCUT2D eigenvalue weighted by atomic mass is 16.4. The minimum absolute atomic E-state index is 0.105. The molecule has 26 heavy (non-hydrogen) atoms. The Labute approximate surface area is 152 Å². The Balaban J connectivity index is 1.43. The summed E-state index contributed by atoms with van der Waals surface area (Å²) < 4.78 is 5.63. The number of aromatic nitrogens is 1. The third-order valence-electron chi connectivity index (χ3n) is 5.19. The van der Waals surface area contributed by atoms with Gasteiger partial charge in [-0.2, -0.15) is 0 Å². The lowest BCUT2D eigenvalue weighted by molar-refractivity contribution is -0.137. The maximum Gasteiger partial charge on any atom is 0.247 e. The number of hydrogen-bond donors (Lipinski definition) is 1. The summed E-state index contributed by atoms with van der Waals surface area (Å²) in [6.45, 7) is 4.49. The molecule has 6 nitrogen and oxygen atoms in total. The van der Waals surface area contributed by atoms with Crippen molar-refractivity contribution >= 4 is 17.5 Å². The van der Waals surface area contributed by atoms with Crippen LogP contribution in [-0.2, 0) is 9.59 Å². The molecule has 1 aliphatic heterocycles. The number of nitrogens with zero attached hydrogens (tertiary/aromatic N) is 2. The van der Waals surface area contributed by atoms with E-state index in [-0.39, 0.29) is 23.8 Å². The molecule has 136 valence electrons. The number of likely N-dealkylation sites (tertiary alicyclic amines) is 1. The summed E-state index contributed by atoms with van der Waals surface area (Å²) in [5.74, 6) is 1.57. The van der Waals surface area contributed by atoms with E-state index >= 15 is 0 Å². The van der Waals surface area contributed by atoms with E-state index in [2.05, 4.69) is 10.3 Å². The van der Waals surface area contributed by atoms with Crippen molar-refractivity contribution < 1.29 is 14.0 Å². The summed E-state index contributed by atoms with van der Waals surface area (Å²) in [6, 6.07) is 7.08. The minimum atomic E-state index is -0.347. The van der Waals surface area contributed by atoms with Crippen LogP contribution < -0.4 is 5.32 Å². The molecule has 0 spiro atoms. The number of benzene rings is 1. The van der Waals surface area contributed by atoms with Gasteiger partial charge in [0.2, 0.25) is 17.7 Å². The van der Waals surface area contributed by atoms with E-state index in [4.69, 9.17) is 4.42 Å². The van der Waals surface area contributed by atoms with Crippen molar-refractivity contribution in [3.8, 4) is 11.5 Å². The Morgan fingerprint density at radius 2 is 1.88 bits per heavy atom. The van der Waals surface area contributed by atoms with Crippen molar-refractivity contribution in [1.29, 1.82) is 0 Å². The van der Waals surface area contributed by atoms with Crippen LogP contribution >= 0.6 is 0 Å². The van der Waals surface area contributed by atoms with E-state index in [1.54, 1.807) is 4.90 Å². The Morgan fingerprint density at radius 3 is 2.50 bits per heavy atom. The number of anilines is 1. The maximum atomic E-state index is 12.6. The highest BCUT2D eigenvalue weighted by Crippen LogP contribution is 2.34. The Morgan fingerprint density at radius 1 is 1.15 bits per heavy atom. The van der Waals surface area contributed by atoms with Crippen molar-refractivity contribution in [3.63, 3.8) is 0 Å². The summed E-state index contributed by atoms with van der Waals surface area (Å²) in [6.07, 6.45) is 3.55. The lowest BCUT2D eigenvalue weighted by Gasteiger charge is -2.24. The topological polar surface area (TPSA) is 75.4 Å². The summed E-state index contributed by atoms with van der Waals surface area (Å²) in [5, 5.41) is 2.94. The zero-order chi connectivity index (χ0) is 18.3. The van der Waals surface area contributed by atoms with Crippen molar-refractivity contribution in [1.82, 2.24) is 9.88 Å². The molecule has 0 unspecified atom stereocenters. The minimum Gasteiger partial charge on any atom is -0.441 e. The van der Waals surface area contributed by atoms with Crippen LogP contribution in [0.15, 0.2) is 28.7 Å². The van der Waals surface area contributed by atoms with Gasteiger partial charge < -0.3 is 14.6 Å². The molecule has 1 saturated carbocycles. The van der Waals surface area contributed by atoms with Gasteiger partial charge >= 0.3 is 0 Å². The van der Waals surface area contributed by atoms with Crippen LogP contribution in [0.4, 0.5) is 5.69 Å². The second-order valence-corrected chi connectivity index (χ2v) is 7.19. The summed E-state index contributed by atoms with van der Waals surface area (Å²) in [4.78, 5) is 31.1. The molecule has 2 aliphatic rings. The molecular weight excluding hydrogens is 330 g/mol. The first-order chi connectivity index (χ1) is 12.5. The number of carbonyl (C=O) groups is 2. The van der Waals surface area contributed by atoms with Gasteiger partial charge in [-0.15, -0.1) is 0 Å². The fourth-order valence-corrected chi connectivity index (χ4v) is 3.39. The van der Waals surface area contributed by atoms with Crippen LogP contribution in [0.1, 0.15) is 37.1 Å². The first-order valence-electron chi connectivity index (χ1n) is 9.19. The second kappa shape index (κ2) is 6.59. The molecule has 1 aliphatic carbocycles. The molecule has 1 saturated heterocycles. The lowest BCUT2D eigenvalue weighted by atomic mass is 10.1. The second-order valence-electron chi connectivity index (χ2n) is 7.19. The summed E-state index contributed by atoms with van der Waals surface area (Å²) in [5.41, 5.74) is 2.45. The summed E-state index contributed by atoms with van der Waals surface area (Å²) in [7, 11) is 0. The third kappa shape index (κ3) is 3.23. The predicted molar refractivity (Wildman–Crippen MR) is 97.5 cm³/mol. The van der Waals surface area contributed by atoms with Gasteiger partial charge in [0.1, 0.15) is 11.8 Å². The molecule has 2 aromatic rings. The van der Waals surface area contributed by atoms with Crippen molar-refractivity contribution in [3.05, 3.63) is 35.7 Å². The molecule has 2 heterocycles. The number of aryl methyl sites for hydroxylation is 2. The van der Waals surface area contributed by atoms with Crippen molar-refractivity contribution in [2.75, 3.05) is 11.9 Å². The standard InChI is InChI=1S/C20H23N3O3/c1-12-13(2)26-19(21-12)14-7-9-16(10-8-14)22-18(24)17-4-3-11-23(17)20(25)15-5-6-15/h7-10,15,17H,3-6,11H2,1-2H3,(H,22,24)/t17-/m1/s1. The zero-order valence-electron chi connectivity index (χ0n) is 15.1. The number of nitrogens with one attached hydrogen (secondary N) is 1. The number of amides is 2. The molecule has 0 bridgehead atoms. The zero-order valence-corrected chi connectivity index (χ0v) is 15.1. The van der Waals surface area contributed by atoms with E-state index in [0.29, 0.717) is 18.1 Å². The Bertz CT molecular complexity index is 817. The van der Waals surface area contributed by atoms with Crippen LogP contribution in [0.5, 0.6) is 0 Å². The molecule has 1 aromatic carbocycles. The van der Waals surface area contributed by atoms with Gasteiger partial charge in [-0.05, 0) is 63.8 Å². The van der Waals surface area contributed by atoms with Gasteiger partial charge in [0.15, 0.2) is 0 Å². The van der Waals surface area contributed by atoms with Gasteiger partial charge in [-0.25, -0.2) is 4.98 Å². The molecule has 1 atom stereocenters. The SMILES string of the molecule is Cc1nc(-c2ccc(NC(=O)[C@H]3CCCN3C(=O)C3CC3)cc2)oc1C. The largest absolute Gasteiger partial charge is 0.441 e. The first kappa shape index (κ1) is 16.8. The van der Waals surface area contributed by atoms with Gasteiger partial charge in [0.25, 0.3) is 0 Å². The van der Waals surface area contributed by atoms with E-state index in [0.717, 1.165) is 42.7 Å². The highest BCUT2D eigenvalue weighted by molar-refractivity contribution is 5.98. The quantitative estimate of drug-likeness (QED) is 0.915. The van der Waals surface area contributed by atoms with Crippen molar-refractivity contribution in [2.45, 2.75) is 45.6 Å². The maximum absolute atomic E-state index is 12.6. The number of hydrogen-bond acceptors (Lipinski definition) is 4. The molecule has 1 aromatic heterocycles. The average Bonchev–Trinajstić information content (AvgIpc) is 3.27. The van der Waals surface area contributed by atoms with Crippen LogP contribution in [-0.4, -0.2) is 34.3 Å². The third-order valence-corrected chi connectivity index (χ3v) is 5.19. The smallest absolute Gasteiger partial charge is 0.247 e. The van der Waals surface area contributed by atoms with E-state index in [1.165, 1.54) is 0 Å². The molecule has 6 heteroatoms. The molecular formula is C20H23N3O3. The molecule has 2 fully saturated rings. The van der Waals surface area contributed by atoms with E-state index in [9.17, 15) is 9.59 Å². The van der Waals surface area contributed by atoms with E-state index in [1.807, 2.05) is 38.1 Å². The predicted octanol–water partition coefficient (Wildman–Crippen LogP) is 3.30. The first-order valence-corrected chi connectivity index (χ1v) is 9.19. The molecule has 2 amide bonds. The van der Waals surface area contributed by atoms with Crippen LogP contribution in [0, 0.1) is 19.8 Å². The van der Waals surface area contributed by atoms with Gasteiger partial charge in [0.05, 0.1) is 5.69 Å². The highest BCUT2D eigenvalue weighted by Gasteiger charge is 2.40. The fraction of sp³-hybridized carbons (Fsp3) is 0.450. The monoisotopic (exact) mass is 353 g/mol. The number of oxazole rings is 1. The van der Waals surface area contributed by atoms with Crippen LogP contribution in [0.2, 0.25) is 0 Å². The number of carbonyl (C=O) groups excluding carboxylic acids is 2. The van der Waals surface area contributed by atoms with Gasteiger partial charge in [-0.1, -0.05) is 0 Å². The van der Waals surface area contributed by atoms with Gasteiger partial charge in [0, 0.05) is 23.7 Å². The summed E-state index contributed by atoms with van der Waals surface area (Å²) >= 11 is 0. The Hall–Kier alpha value is -2.63. The van der Waals surface area contributed by atoms with Gasteiger partial charge in [-0.3, -0.25) is 9.59 Å². The lowest BCUT2D eigenvalue weighted by Crippen LogP contribution is -2.43. The number of rotatable bonds is 4. The Kier molecular flexibility index (Phi) is 4.26. The normalized spacial score (nSPS) is 19.6. The van der Waals surface area contributed by atoms with Crippen LogP contribution in [0.3, 0.4) is 0 Å². The molecule has 0 radical (unpaired) electrons. The fourth-order valence-electron chi connectivity index (χ4n) is 3.39. The van der Waals surface area contributed by atoms with Crippen LogP contribution in [0.25, 0.3) is 11.5 Å². The van der Waals surface area contributed by atoms with E-state index < -0.39 is 0 Å². The molecule has 4 rings (SSSR count).